The molecule has 0 radical (unpaired) electrons. The quantitative estimate of drug-likeness (QED) is 0.312. The molecule has 0 spiro atoms. The number of amides is 2. The minimum atomic E-state index is -0.264. The number of benzene rings is 4. The lowest BCUT2D eigenvalue weighted by atomic mass is 9.87. The summed E-state index contributed by atoms with van der Waals surface area (Å²) in [6, 6.07) is 33.9. The highest BCUT2D eigenvalue weighted by molar-refractivity contribution is 5.80. The van der Waals surface area contributed by atoms with E-state index in [0.717, 1.165) is 22.3 Å². The number of aromatic hydroxyl groups is 2. The molecule has 1 saturated heterocycles. The predicted molar refractivity (Wildman–Crippen MR) is 155 cm³/mol. The predicted octanol–water partition coefficient (Wildman–Crippen LogP) is 5.51. The first-order chi connectivity index (χ1) is 19.5. The van der Waals surface area contributed by atoms with Crippen LogP contribution in [0.4, 0.5) is 0 Å². The van der Waals surface area contributed by atoms with Crippen molar-refractivity contribution in [2.45, 2.75) is 24.7 Å². The molecule has 0 aliphatic carbocycles. The molecule has 204 valence electrons. The molecule has 1 fully saturated rings. The van der Waals surface area contributed by atoms with Gasteiger partial charge >= 0.3 is 0 Å². The van der Waals surface area contributed by atoms with Crippen molar-refractivity contribution in [2.24, 2.45) is 0 Å². The van der Waals surface area contributed by atoms with Crippen molar-refractivity contribution in [2.75, 3.05) is 26.2 Å². The molecule has 0 unspecified atom stereocenters. The first-order valence-electron chi connectivity index (χ1n) is 13.7. The molecule has 0 saturated carbocycles. The molecule has 4 aromatic rings. The molecule has 0 bridgehead atoms. The van der Waals surface area contributed by atoms with E-state index in [9.17, 15) is 19.8 Å². The van der Waals surface area contributed by atoms with Crippen molar-refractivity contribution in [1.82, 2.24) is 9.80 Å². The summed E-state index contributed by atoms with van der Waals surface area (Å²) in [4.78, 5) is 30.5. The lowest BCUT2D eigenvalue weighted by Crippen LogP contribution is -2.51. The second kappa shape index (κ2) is 12.5. The van der Waals surface area contributed by atoms with Crippen LogP contribution < -0.4 is 0 Å². The summed E-state index contributed by atoms with van der Waals surface area (Å²) in [6.07, 6.45) is 0.470. The lowest BCUT2D eigenvalue weighted by molar-refractivity contribution is -0.139. The molecule has 2 N–H and O–H groups in total. The van der Waals surface area contributed by atoms with Gasteiger partial charge in [-0.15, -0.1) is 0 Å². The zero-order valence-corrected chi connectivity index (χ0v) is 22.4. The van der Waals surface area contributed by atoms with Crippen LogP contribution in [0.2, 0.25) is 0 Å². The van der Waals surface area contributed by atoms with E-state index in [-0.39, 0.29) is 48.0 Å². The largest absolute Gasteiger partial charge is 0.508 e. The molecule has 1 heterocycles. The fourth-order valence-corrected chi connectivity index (χ4v) is 5.56. The topological polar surface area (TPSA) is 81.1 Å². The average molecular weight is 535 g/mol. The Balaban J connectivity index is 1.25. The third-order valence-corrected chi connectivity index (χ3v) is 7.77. The number of nitrogens with zero attached hydrogens (tertiary/aromatic N) is 2. The van der Waals surface area contributed by atoms with Crippen LogP contribution in [-0.2, 0) is 9.59 Å². The van der Waals surface area contributed by atoms with Crippen molar-refractivity contribution in [3.8, 4) is 11.5 Å². The number of phenols is 2. The molecule has 2 atom stereocenters. The van der Waals surface area contributed by atoms with Gasteiger partial charge in [0.2, 0.25) is 11.8 Å². The van der Waals surface area contributed by atoms with Gasteiger partial charge in [0.15, 0.2) is 0 Å². The molecule has 1 aliphatic rings. The van der Waals surface area contributed by atoms with Crippen LogP contribution >= 0.6 is 0 Å². The first-order valence-corrected chi connectivity index (χ1v) is 13.7. The Kier molecular flexibility index (Phi) is 8.45. The number of para-hydroxylation sites is 2. The van der Waals surface area contributed by atoms with E-state index in [1.165, 1.54) is 0 Å². The number of hydrogen-bond donors (Lipinski definition) is 2. The zero-order chi connectivity index (χ0) is 27.9. The van der Waals surface area contributed by atoms with Crippen LogP contribution in [-0.4, -0.2) is 58.0 Å². The van der Waals surface area contributed by atoms with Crippen LogP contribution in [0.3, 0.4) is 0 Å². The van der Waals surface area contributed by atoms with E-state index in [2.05, 4.69) is 0 Å². The molecule has 6 nitrogen and oxygen atoms in total. The van der Waals surface area contributed by atoms with Crippen LogP contribution in [0.25, 0.3) is 0 Å². The van der Waals surface area contributed by atoms with Crippen LogP contribution in [0.15, 0.2) is 109 Å². The van der Waals surface area contributed by atoms with Crippen LogP contribution in [0.1, 0.15) is 46.9 Å². The third kappa shape index (κ3) is 6.18. The van der Waals surface area contributed by atoms with E-state index in [4.69, 9.17) is 0 Å². The van der Waals surface area contributed by atoms with Crippen LogP contribution in [0.5, 0.6) is 11.5 Å². The average Bonchev–Trinajstić information content (AvgIpc) is 3.00. The molecule has 6 heteroatoms. The smallest absolute Gasteiger partial charge is 0.223 e. The molecule has 2 amide bonds. The van der Waals surface area contributed by atoms with E-state index in [1.54, 1.807) is 24.3 Å². The van der Waals surface area contributed by atoms with Gasteiger partial charge in [0.25, 0.3) is 0 Å². The fraction of sp³-hybridized carbons (Fsp3) is 0.235. The maximum atomic E-state index is 13.4. The number of carbonyl (C=O) groups is 2. The Morgan fingerprint density at radius 1 is 0.525 bits per heavy atom. The van der Waals surface area contributed by atoms with Gasteiger partial charge in [-0.2, -0.15) is 0 Å². The molecule has 5 rings (SSSR count). The SMILES string of the molecule is O=C(C[C@H](c1ccccc1)c1ccccc1O)N1CCN(C(=O)C[C@H](c2ccccc2)c2ccccc2O)CC1. The zero-order valence-electron chi connectivity index (χ0n) is 22.4. The van der Waals surface area contributed by atoms with E-state index in [0.29, 0.717) is 26.2 Å². The molecule has 4 aromatic carbocycles. The highest BCUT2D eigenvalue weighted by Crippen LogP contribution is 2.35. The summed E-state index contributed by atoms with van der Waals surface area (Å²) < 4.78 is 0. The fourth-order valence-electron chi connectivity index (χ4n) is 5.56. The second-order valence-electron chi connectivity index (χ2n) is 10.2. The van der Waals surface area contributed by atoms with Crippen molar-refractivity contribution in [3.63, 3.8) is 0 Å². The third-order valence-electron chi connectivity index (χ3n) is 7.77. The maximum Gasteiger partial charge on any atom is 0.223 e. The standard InChI is InChI=1S/C34H34N2O4/c37-31-17-9-7-15-27(31)29(25-11-3-1-4-12-25)23-33(39)35-19-21-36(22-20-35)34(40)24-30(26-13-5-2-6-14-26)28-16-8-10-18-32(28)38/h1-18,29-30,37-38H,19-24H2/t29-,30-/m1/s1. The Morgan fingerprint density at radius 2 is 0.850 bits per heavy atom. The molecule has 40 heavy (non-hydrogen) atoms. The Labute approximate surface area is 235 Å². The summed E-state index contributed by atoms with van der Waals surface area (Å²) in [6.45, 7) is 1.83. The van der Waals surface area contributed by atoms with Crippen molar-refractivity contribution in [3.05, 3.63) is 131 Å². The molecule has 1 aliphatic heterocycles. The summed E-state index contributed by atoms with van der Waals surface area (Å²) >= 11 is 0. The van der Waals surface area contributed by atoms with Gasteiger partial charge in [-0.1, -0.05) is 97.1 Å². The summed E-state index contributed by atoms with van der Waals surface area (Å²) in [5.41, 5.74) is 3.41. The minimum Gasteiger partial charge on any atom is -0.508 e. The number of carbonyl (C=O) groups excluding carboxylic acids is 2. The van der Waals surface area contributed by atoms with E-state index in [1.807, 2.05) is 94.7 Å². The first kappa shape index (κ1) is 27.0. The van der Waals surface area contributed by atoms with Gasteiger partial charge in [0, 0.05) is 62.0 Å². The van der Waals surface area contributed by atoms with Crippen molar-refractivity contribution >= 4 is 11.8 Å². The highest BCUT2D eigenvalue weighted by atomic mass is 16.3. The van der Waals surface area contributed by atoms with E-state index >= 15 is 0 Å². The van der Waals surface area contributed by atoms with Crippen molar-refractivity contribution < 1.29 is 19.8 Å². The van der Waals surface area contributed by atoms with Gasteiger partial charge in [-0.05, 0) is 23.3 Å². The van der Waals surface area contributed by atoms with Gasteiger partial charge < -0.3 is 20.0 Å². The van der Waals surface area contributed by atoms with Gasteiger partial charge in [-0.3, -0.25) is 9.59 Å². The summed E-state index contributed by atoms with van der Waals surface area (Å²) in [5.74, 6) is -0.172. The number of rotatable bonds is 8. The molecule has 0 aromatic heterocycles. The second-order valence-corrected chi connectivity index (χ2v) is 10.2. The Hall–Kier alpha value is -4.58. The molecular weight excluding hydrogens is 500 g/mol. The Bertz CT molecular complexity index is 1320. The van der Waals surface area contributed by atoms with Gasteiger partial charge in [-0.25, -0.2) is 0 Å². The number of hydrogen-bond acceptors (Lipinski definition) is 4. The maximum absolute atomic E-state index is 13.4. The normalized spacial score (nSPS) is 14.9. The lowest BCUT2D eigenvalue weighted by Gasteiger charge is -2.36. The Morgan fingerprint density at radius 3 is 1.20 bits per heavy atom. The van der Waals surface area contributed by atoms with E-state index < -0.39 is 0 Å². The number of phenolic OH excluding ortho intramolecular Hbond substituents is 2. The van der Waals surface area contributed by atoms with Crippen LogP contribution in [0, 0.1) is 0 Å². The summed E-state index contributed by atoms with van der Waals surface area (Å²) in [7, 11) is 0. The summed E-state index contributed by atoms with van der Waals surface area (Å²) in [5, 5.41) is 21.1. The monoisotopic (exact) mass is 534 g/mol. The number of piperazine rings is 1. The molecular formula is C34H34N2O4. The minimum absolute atomic E-state index is 0.000532. The highest BCUT2D eigenvalue weighted by Gasteiger charge is 2.30. The van der Waals surface area contributed by atoms with Gasteiger partial charge in [0.05, 0.1) is 0 Å². The van der Waals surface area contributed by atoms with Crippen molar-refractivity contribution in [1.29, 1.82) is 0 Å². The van der Waals surface area contributed by atoms with Gasteiger partial charge in [0.1, 0.15) is 11.5 Å².